The summed E-state index contributed by atoms with van der Waals surface area (Å²) in [5.41, 5.74) is 6.85. The first-order valence-corrected chi connectivity index (χ1v) is 7.80. The molecular weight excluding hydrogens is 250 g/mol. The number of hydrogen-bond donors (Lipinski definition) is 1. The van der Waals surface area contributed by atoms with E-state index in [1.165, 1.54) is 25.7 Å². The van der Waals surface area contributed by atoms with Crippen molar-refractivity contribution in [1.29, 1.82) is 0 Å². The zero-order valence-corrected chi connectivity index (χ0v) is 12.3. The topological polar surface area (TPSA) is 44.5 Å². The highest BCUT2D eigenvalue weighted by Crippen LogP contribution is 2.48. The Hall–Kier alpha value is -1.22. The van der Waals surface area contributed by atoms with E-state index in [1.807, 2.05) is 12.1 Å². The van der Waals surface area contributed by atoms with Crippen LogP contribution in [0, 0.1) is 17.8 Å². The molecule has 3 rings (SSSR count). The van der Waals surface area contributed by atoms with Crippen molar-refractivity contribution in [2.24, 2.45) is 23.5 Å². The lowest BCUT2D eigenvalue weighted by Gasteiger charge is -2.23. The first-order valence-electron chi connectivity index (χ1n) is 7.80. The average Bonchev–Trinajstić information content (AvgIpc) is 3.08. The molecule has 3 heteroatoms. The molecule has 0 radical (unpaired) electrons. The predicted molar refractivity (Wildman–Crippen MR) is 80.2 cm³/mol. The van der Waals surface area contributed by atoms with E-state index in [0.717, 1.165) is 47.8 Å². The van der Waals surface area contributed by atoms with Crippen LogP contribution in [0.15, 0.2) is 18.2 Å². The monoisotopic (exact) mass is 275 g/mol. The number of benzene rings is 1. The number of hydrogen-bond acceptors (Lipinski definition) is 3. The molecule has 110 valence electrons. The highest BCUT2D eigenvalue weighted by molar-refractivity contribution is 5.46. The van der Waals surface area contributed by atoms with Crippen LogP contribution in [0.2, 0.25) is 0 Å². The zero-order valence-electron chi connectivity index (χ0n) is 12.3. The van der Waals surface area contributed by atoms with Gasteiger partial charge in [-0.2, -0.15) is 0 Å². The van der Waals surface area contributed by atoms with Gasteiger partial charge < -0.3 is 15.2 Å². The minimum Gasteiger partial charge on any atom is -0.493 e. The van der Waals surface area contributed by atoms with Crippen LogP contribution in [0.3, 0.4) is 0 Å². The van der Waals surface area contributed by atoms with Crippen LogP contribution in [0.5, 0.6) is 11.5 Å². The van der Waals surface area contributed by atoms with Crippen molar-refractivity contribution >= 4 is 0 Å². The van der Waals surface area contributed by atoms with Crippen molar-refractivity contribution in [3.05, 3.63) is 23.8 Å². The molecule has 3 nitrogen and oxygen atoms in total. The maximum absolute atomic E-state index is 6.17. The number of nitrogens with two attached hydrogens (primary N) is 1. The third-order valence-electron chi connectivity index (χ3n) is 5.02. The second-order valence-corrected chi connectivity index (χ2v) is 6.23. The Morgan fingerprint density at radius 2 is 2.15 bits per heavy atom. The average molecular weight is 275 g/mol. The van der Waals surface area contributed by atoms with Crippen LogP contribution < -0.4 is 15.2 Å². The number of methoxy groups -OCH3 is 1. The molecule has 2 fully saturated rings. The summed E-state index contributed by atoms with van der Waals surface area (Å²) < 4.78 is 11.6. The van der Waals surface area contributed by atoms with Gasteiger partial charge in [0.2, 0.25) is 0 Å². The molecule has 1 aromatic rings. The third kappa shape index (κ3) is 2.64. The molecule has 2 aliphatic rings. The Morgan fingerprint density at radius 3 is 2.80 bits per heavy atom. The second kappa shape index (κ2) is 6.04. The third-order valence-corrected chi connectivity index (χ3v) is 5.02. The van der Waals surface area contributed by atoms with E-state index in [0.29, 0.717) is 6.54 Å². The van der Waals surface area contributed by atoms with Crippen LogP contribution in [-0.4, -0.2) is 20.3 Å². The van der Waals surface area contributed by atoms with Gasteiger partial charge in [0.1, 0.15) is 0 Å². The molecule has 3 unspecified atom stereocenters. The van der Waals surface area contributed by atoms with Crippen molar-refractivity contribution in [3.8, 4) is 11.5 Å². The molecule has 2 bridgehead atoms. The SMILES string of the molecule is COc1cccc(CCN)c1OCC1CC2CCC1C2. The highest BCUT2D eigenvalue weighted by atomic mass is 16.5. The number of para-hydroxylation sites is 1. The maximum Gasteiger partial charge on any atom is 0.164 e. The fraction of sp³-hybridized carbons (Fsp3) is 0.647. The summed E-state index contributed by atoms with van der Waals surface area (Å²) in [6.45, 7) is 1.47. The van der Waals surface area contributed by atoms with Crippen molar-refractivity contribution < 1.29 is 9.47 Å². The standard InChI is InChI=1S/C17H25NO2/c1-19-16-4-2-3-13(7-8-18)17(16)20-11-15-10-12-5-6-14(15)9-12/h2-4,12,14-15H,5-11,18H2,1H3. The van der Waals surface area contributed by atoms with Crippen LogP contribution >= 0.6 is 0 Å². The van der Waals surface area contributed by atoms with E-state index in [2.05, 4.69) is 6.07 Å². The van der Waals surface area contributed by atoms with E-state index in [-0.39, 0.29) is 0 Å². The van der Waals surface area contributed by atoms with Gasteiger partial charge in [-0.25, -0.2) is 0 Å². The Balaban J connectivity index is 1.69. The Kier molecular flexibility index (Phi) is 4.16. The van der Waals surface area contributed by atoms with Gasteiger partial charge in [0.15, 0.2) is 11.5 Å². The summed E-state index contributed by atoms with van der Waals surface area (Å²) in [5.74, 6) is 4.34. The van der Waals surface area contributed by atoms with E-state index < -0.39 is 0 Å². The molecule has 0 saturated heterocycles. The van der Waals surface area contributed by atoms with Gasteiger partial charge in [-0.3, -0.25) is 0 Å². The van der Waals surface area contributed by atoms with Crippen LogP contribution in [0.25, 0.3) is 0 Å². The minimum absolute atomic E-state index is 0.637. The lowest BCUT2D eigenvalue weighted by Crippen LogP contribution is -2.19. The fourth-order valence-corrected chi connectivity index (χ4v) is 4.01. The highest BCUT2D eigenvalue weighted by Gasteiger charge is 2.39. The van der Waals surface area contributed by atoms with Crippen molar-refractivity contribution in [2.45, 2.75) is 32.1 Å². The van der Waals surface area contributed by atoms with E-state index in [9.17, 15) is 0 Å². The van der Waals surface area contributed by atoms with E-state index in [4.69, 9.17) is 15.2 Å². The summed E-state index contributed by atoms with van der Waals surface area (Å²) in [7, 11) is 1.70. The van der Waals surface area contributed by atoms with Crippen LogP contribution in [0.4, 0.5) is 0 Å². The normalized spacial score (nSPS) is 27.8. The minimum atomic E-state index is 0.637. The molecule has 20 heavy (non-hydrogen) atoms. The Labute approximate surface area is 121 Å². The van der Waals surface area contributed by atoms with Gasteiger partial charge >= 0.3 is 0 Å². The summed E-state index contributed by atoms with van der Waals surface area (Å²) in [5, 5.41) is 0. The molecule has 2 N–H and O–H groups in total. The van der Waals surface area contributed by atoms with Gasteiger partial charge in [0.05, 0.1) is 13.7 Å². The molecule has 2 saturated carbocycles. The molecular formula is C17H25NO2. The molecule has 0 aliphatic heterocycles. The summed E-state index contributed by atoms with van der Waals surface area (Å²) >= 11 is 0. The first-order chi connectivity index (χ1) is 9.81. The summed E-state index contributed by atoms with van der Waals surface area (Å²) in [6.07, 6.45) is 6.46. The fourth-order valence-electron chi connectivity index (χ4n) is 4.01. The number of rotatable bonds is 6. The molecule has 0 spiro atoms. The number of fused-ring (bicyclic) bond motifs is 2. The van der Waals surface area contributed by atoms with E-state index >= 15 is 0 Å². The zero-order chi connectivity index (χ0) is 13.9. The second-order valence-electron chi connectivity index (χ2n) is 6.23. The molecule has 0 amide bonds. The van der Waals surface area contributed by atoms with Gasteiger partial charge in [0, 0.05) is 0 Å². The van der Waals surface area contributed by atoms with E-state index in [1.54, 1.807) is 7.11 Å². The number of ether oxygens (including phenoxy) is 2. The van der Waals surface area contributed by atoms with Crippen LogP contribution in [-0.2, 0) is 6.42 Å². The van der Waals surface area contributed by atoms with Crippen LogP contribution in [0.1, 0.15) is 31.2 Å². The lowest BCUT2D eigenvalue weighted by molar-refractivity contribution is 0.188. The van der Waals surface area contributed by atoms with Crippen molar-refractivity contribution in [3.63, 3.8) is 0 Å². The largest absolute Gasteiger partial charge is 0.493 e. The first kappa shape index (κ1) is 13.7. The molecule has 0 heterocycles. The summed E-state index contributed by atoms with van der Waals surface area (Å²) in [4.78, 5) is 0. The van der Waals surface area contributed by atoms with Gasteiger partial charge in [-0.15, -0.1) is 0 Å². The molecule has 1 aromatic carbocycles. The predicted octanol–water partition coefficient (Wildman–Crippen LogP) is 3.01. The molecule has 0 aromatic heterocycles. The smallest absolute Gasteiger partial charge is 0.164 e. The molecule has 2 aliphatic carbocycles. The van der Waals surface area contributed by atoms with Gasteiger partial charge in [-0.1, -0.05) is 18.6 Å². The van der Waals surface area contributed by atoms with Crippen molar-refractivity contribution in [2.75, 3.05) is 20.3 Å². The quantitative estimate of drug-likeness (QED) is 0.868. The maximum atomic E-state index is 6.17. The van der Waals surface area contributed by atoms with Crippen molar-refractivity contribution in [1.82, 2.24) is 0 Å². The summed E-state index contributed by atoms with van der Waals surface area (Å²) in [6, 6.07) is 6.07. The molecule has 3 atom stereocenters. The Bertz CT molecular complexity index is 460. The Morgan fingerprint density at radius 1 is 1.25 bits per heavy atom. The van der Waals surface area contributed by atoms with Gasteiger partial charge in [-0.05, 0) is 61.6 Å². The lowest BCUT2D eigenvalue weighted by atomic mass is 9.89. The van der Waals surface area contributed by atoms with Gasteiger partial charge in [0.25, 0.3) is 0 Å².